The first-order valence-corrected chi connectivity index (χ1v) is 9.41. The van der Waals surface area contributed by atoms with Gasteiger partial charge in [-0.2, -0.15) is 0 Å². The number of piperidine rings is 1. The molecular weight excluding hydrogens is 330 g/mol. The van der Waals surface area contributed by atoms with Gasteiger partial charge in [0.25, 0.3) is 0 Å². The zero-order valence-corrected chi connectivity index (χ0v) is 16.1. The van der Waals surface area contributed by atoms with Crippen LogP contribution < -0.4 is 0 Å². The molecule has 1 atom stereocenters. The monoisotopic (exact) mass is 361 g/mol. The molecule has 0 radical (unpaired) electrons. The van der Waals surface area contributed by atoms with E-state index >= 15 is 0 Å². The van der Waals surface area contributed by atoms with Crippen molar-refractivity contribution in [3.63, 3.8) is 0 Å². The molecule has 6 heteroatoms. The van der Waals surface area contributed by atoms with Gasteiger partial charge in [-0.05, 0) is 38.9 Å². The topological polar surface area (TPSA) is 64.1 Å². The van der Waals surface area contributed by atoms with Crippen molar-refractivity contribution < 1.29 is 14.7 Å². The molecule has 144 valence electrons. The molecule has 0 aromatic heterocycles. The second-order valence-corrected chi connectivity index (χ2v) is 7.09. The minimum atomic E-state index is -0.790. The summed E-state index contributed by atoms with van der Waals surface area (Å²) in [5.41, 5.74) is 1.20. The molecule has 1 amide bonds. The Kier molecular flexibility index (Phi) is 7.60. The van der Waals surface area contributed by atoms with E-state index in [4.69, 9.17) is 5.11 Å². The van der Waals surface area contributed by atoms with Gasteiger partial charge in [0, 0.05) is 25.7 Å². The molecule has 1 aliphatic rings. The minimum Gasteiger partial charge on any atom is -0.480 e. The Bertz CT molecular complexity index is 585. The van der Waals surface area contributed by atoms with Gasteiger partial charge in [-0.1, -0.05) is 37.3 Å². The van der Waals surface area contributed by atoms with Crippen LogP contribution in [0.1, 0.15) is 32.3 Å². The zero-order valence-electron chi connectivity index (χ0n) is 16.1. The number of amides is 1. The normalized spacial score (nSPS) is 16.9. The molecule has 1 aromatic rings. The maximum Gasteiger partial charge on any atom is 0.317 e. The lowest BCUT2D eigenvalue weighted by atomic mass is 10.0. The first-order valence-electron chi connectivity index (χ1n) is 9.41. The van der Waals surface area contributed by atoms with Gasteiger partial charge in [-0.15, -0.1) is 0 Å². The van der Waals surface area contributed by atoms with Gasteiger partial charge in [-0.25, -0.2) is 0 Å². The summed E-state index contributed by atoms with van der Waals surface area (Å²) < 4.78 is 0. The van der Waals surface area contributed by atoms with Crippen LogP contribution in [0.15, 0.2) is 30.3 Å². The van der Waals surface area contributed by atoms with E-state index in [-0.39, 0.29) is 24.5 Å². The predicted molar refractivity (Wildman–Crippen MR) is 102 cm³/mol. The van der Waals surface area contributed by atoms with Crippen molar-refractivity contribution in [1.29, 1.82) is 0 Å². The summed E-state index contributed by atoms with van der Waals surface area (Å²) in [4.78, 5) is 29.8. The third kappa shape index (κ3) is 5.54. The Labute approximate surface area is 156 Å². The minimum absolute atomic E-state index is 0.0747. The SMILES string of the molecule is CCN(CC(=O)O)C1CCN(C(=O)C(C)N(C)Cc2ccccc2)CC1. The van der Waals surface area contributed by atoms with Crippen LogP contribution in [0, 0.1) is 0 Å². The van der Waals surface area contributed by atoms with E-state index in [1.54, 1.807) is 0 Å². The lowest BCUT2D eigenvalue weighted by molar-refractivity contribution is -0.141. The molecule has 1 aliphatic heterocycles. The van der Waals surface area contributed by atoms with E-state index < -0.39 is 5.97 Å². The highest BCUT2D eigenvalue weighted by Gasteiger charge is 2.30. The standard InChI is InChI=1S/C20H31N3O3/c1-4-22(15-19(24)25)18-10-12-23(13-11-18)20(26)16(2)21(3)14-17-8-6-5-7-9-17/h5-9,16,18H,4,10-15H2,1-3H3,(H,24,25). The third-order valence-electron chi connectivity index (χ3n) is 5.33. The Balaban J connectivity index is 1.85. The summed E-state index contributed by atoms with van der Waals surface area (Å²) in [5.74, 6) is -0.635. The largest absolute Gasteiger partial charge is 0.480 e. The molecule has 0 saturated carbocycles. The summed E-state index contributed by atoms with van der Waals surface area (Å²) in [6.45, 7) is 6.88. The van der Waals surface area contributed by atoms with E-state index in [1.807, 2.05) is 48.9 Å². The van der Waals surface area contributed by atoms with Crippen molar-refractivity contribution in [2.75, 3.05) is 33.2 Å². The number of carbonyl (C=O) groups excluding carboxylic acids is 1. The molecule has 0 spiro atoms. The van der Waals surface area contributed by atoms with Crippen LogP contribution in [0.3, 0.4) is 0 Å². The quantitative estimate of drug-likeness (QED) is 0.766. The second kappa shape index (κ2) is 9.69. The van der Waals surface area contributed by atoms with Crippen LogP contribution >= 0.6 is 0 Å². The molecule has 1 unspecified atom stereocenters. The molecule has 1 saturated heterocycles. The number of carbonyl (C=O) groups is 2. The van der Waals surface area contributed by atoms with Crippen molar-refractivity contribution >= 4 is 11.9 Å². The van der Waals surface area contributed by atoms with Crippen LogP contribution in [0.4, 0.5) is 0 Å². The average molecular weight is 361 g/mol. The van der Waals surface area contributed by atoms with E-state index in [0.717, 1.165) is 25.9 Å². The number of likely N-dealkylation sites (N-methyl/N-ethyl adjacent to an activating group) is 2. The van der Waals surface area contributed by atoms with Gasteiger partial charge in [0.15, 0.2) is 0 Å². The number of hydrogen-bond acceptors (Lipinski definition) is 4. The molecular formula is C20H31N3O3. The third-order valence-corrected chi connectivity index (χ3v) is 5.33. The lowest BCUT2D eigenvalue weighted by Crippen LogP contribution is -2.52. The van der Waals surface area contributed by atoms with E-state index in [0.29, 0.717) is 13.1 Å². The number of aliphatic carboxylic acids is 1. The molecule has 1 heterocycles. The van der Waals surface area contributed by atoms with Gasteiger partial charge in [0.2, 0.25) is 5.91 Å². The number of likely N-dealkylation sites (tertiary alicyclic amines) is 1. The summed E-state index contributed by atoms with van der Waals surface area (Å²) in [6, 6.07) is 10.2. The molecule has 2 rings (SSSR count). The Morgan fingerprint density at radius 2 is 1.85 bits per heavy atom. The van der Waals surface area contributed by atoms with E-state index in [1.165, 1.54) is 5.56 Å². The number of carboxylic acids is 1. The van der Waals surface area contributed by atoms with Crippen LogP contribution in [0.2, 0.25) is 0 Å². The highest BCUT2D eigenvalue weighted by Crippen LogP contribution is 2.18. The van der Waals surface area contributed by atoms with Crippen LogP contribution in [0.25, 0.3) is 0 Å². The number of hydrogen-bond donors (Lipinski definition) is 1. The van der Waals surface area contributed by atoms with Gasteiger partial charge < -0.3 is 10.0 Å². The number of rotatable bonds is 8. The summed E-state index contributed by atoms with van der Waals surface area (Å²) in [6.07, 6.45) is 1.67. The molecule has 6 nitrogen and oxygen atoms in total. The second-order valence-electron chi connectivity index (χ2n) is 7.09. The van der Waals surface area contributed by atoms with E-state index in [2.05, 4.69) is 17.0 Å². The van der Waals surface area contributed by atoms with Gasteiger partial charge in [0.05, 0.1) is 12.6 Å². The fourth-order valence-corrected chi connectivity index (χ4v) is 3.59. The molecule has 0 aliphatic carbocycles. The maximum atomic E-state index is 12.8. The zero-order chi connectivity index (χ0) is 19.1. The Morgan fingerprint density at radius 3 is 2.38 bits per heavy atom. The molecule has 1 aromatic carbocycles. The van der Waals surface area contributed by atoms with E-state index in [9.17, 15) is 9.59 Å². The number of benzene rings is 1. The number of carboxylic acid groups (broad SMARTS) is 1. The van der Waals surface area contributed by atoms with Crippen molar-refractivity contribution in [3.8, 4) is 0 Å². The molecule has 1 fully saturated rings. The molecule has 26 heavy (non-hydrogen) atoms. The lowest BCUT2D eigenvalue weighted by Gasteiger charge is -2.39. The maximum absolute atomic E-state index is 12.8. The fraction of sp³-hybridized carbons (Fsp3) is 0.600. The van der Waals surface area contributed by atoms with Crippen LogP contribution in [0.5, 0.6) is 0 Å². The summed E-state index contributed by atoms with van der Waals surface area (Å²) in [7, 11) is 1.98. The Hall–Kier alpha value is -1.92. The Morgan fingerprint density at radius 1 is 1.23 bits per heavy atom. The van der Waals surface area contributed by atoms with Crippen molar-refractivity contribution in [3.05, 3.63) is 35.9 Å². The molecule has 0 bridgehead atoms. The predicted octanol–water partition coefficient (Wildman–Crippen LogP) is 1.90. The smallest absolute Gasteiger partial charge is 0.317 e. The van der Waals surface area contributed by atoms with Gasteiger partial charge >= 0.3 is 5.97 Å². The van der Waals surface area contributed by atoms with Crippen LogP contribution in [-0.4, -0.2) is 77.0 Å². The van der Waals surface area contributed by atoms with Crippen molar-refractivity contribution in [1.82, 2.24) is 14.7 Å². The first kappa shape index (κ1) is 20.4. The van der Waals surface area contributed by atoms with Crippen molar-refractivity contribution in [2.45, 2.75) is 45.3 Å². The summed E-state index contributed by atoms with van der Waals surface area (Å²) >= 11 is 0. The highest BCUT2D eigenvalue weighted by atomic mass is 16.4. The average Bonchev–Trinajstić information content (AvgIpc) is 2.65. The first-order chi connectivity index (χ1) is 12.4. The number of nitrogens with zero attached hydrogens (tertiary/aromatic N) is 3. The fourth-order valence-electron chi connectivity index (χ4n) is 3.59. The molecule has 1 N–H and O–H groups in total. The summed E-state index contributed by atoms with van der Waals surface area (Å²) in [5, 5.41) is 9.03. The van der Waals surface area contributed by atoms with Gasteiger partial charge in [-0.3, -0.25) is 19.4 Å². The highest BCUT2D eigenvalue weighted by molar-refractivity contribution is 5.81. The van der Waals surface area contributed by atoms with Crippen LogP contribution in [-0.2, 0) is 16.1 Å². The van der Waals surface area contributed by atoms with Crippen molar-refractivity contribution in [2.24, 2.45) is 0 Å². The van der Waals surface area contributed by atoms with Gasteiger partial charge in [0.1, 0.15) is 0 Å².